The Morgan fingerprint density at radius 2 is 1.86 bits per heavy atom. The standard InChI is InChI=1S/C17H26N2O2.ClH/c1-16(2,14-7-5-4-6-8-14)13-19-15(20)17(21-3)9-11-18-12-10-17;/h4-8,18H,9-13H2,1-3H3,(H,19,20);1H. The maximum absolute atomic E-state index is 12.6. The highest BCUT2D eigenvalue weighted by molar-refractivity contribution is 5.85. The van der Waals surface area contributed by atoms with E-state index in [-0.39, 0.29) is 23.7 Å². The zero-order valence-corrected chi connectivity index (χ0v) is 14.5. The molecule has 1 aromatic rings. The lowest BCUT2D eigenvalue weighted by Crippen LogP contribution is -2.55. The minimum absolute atomic E-state index is 0. The van der Waals surface area contributed by atoms with Crippen LogP contribution in [0.3, 0.4) is 0 Å². The van der Waals surface area contributed by atoms with Crippen LogP contribution < -0.4 is 10.6 Å². The molecule has 1 saturated heterocycles. The Bertz CT molecular complexity index is 471. The Hall–Kier alpha value is -1.10. The number of hydrogen-bond acceptors (Lipinski definition) is 3. The highest BCUT2D eigenvalue weighted by atomic mass is 35.5. The van der Waals surface area contributed by atoms with Gasteiger partial charge >= 0.3 is 0 Å². The maximum Gasteiger partial charge on any atom is 0.252 e. The smallest absolute Gasteiger partial charge is 0.252 e. The number of halogens is 1. The number of hydrogen-bond donors (Lipinski definition) is 2. The van der Waals surface area contributed by atoms with Gasteiger partial charge in [-0.05, 0) is 31.5 Å². The van der Waals surface area contributed by atoms with Crippen molar-refractivity contribution in [1.82, 2.24) is 10.6 Å². The predicted molar refractivity (Wildman–Crippen MR) is 91.6 cm³/mol. The van der Waals surface area contributed by atoms with Gasteiger partial charge in [0, 0.05) is 19.1 Å². The van der Waals surface area contributed by atoms with E-state index < -0.39 is 5.60 Å². The van der Waals surface area contributed by atoms with Crippen LogP contribution in [-0.2, 0) is 14.9 Å². The third-order valence-electron chi connectivity index (χ3n) is 4.46. The first-order valence-corrected chi connectivity index (χ1v) is 7.60. The average molecular weight is 327 g/mol. The van der Waals surface area contributed by atoms with Gasteiger partial charge in [0.1, 0.15) is 5.60 Å². The van der Waals surface area contributed by atoms with Crippen LogP contribution in [0.25, 0.3) is 0 Å². The van der Waals surface area contributed by atoms with Gasteiger partial charge < -0.3 is 15.4 Å². The van der Waals surface area contributed by atoms with Crippen LogP contribution in [0.15, 0.2) is 30.3 Å². The molecule has 1 heterocycles. The number of rotatable bonds is 5. The lowest BCUT2D eigenvalue weighted by molar-refractivity contribution is -0.146. The first-order valence-electron chi connectivity index (χ1n) is 7.60. The molecular formula is C17H27ClN2O2. The van der Waals surface area contributed by atoms with Crippen molar-refractivity contribution in [1.29, 1.82) is 0 Å². The van der Waals surface area contributed by atoms with Crippen LogP contribution in [-0.4, -0.2) is 38.3 Å². The van der Waals surface area contributed by atoms with E-state index in [1.54, 1.807) is 7.11 Å². The summed E-state index contributed by atoms with van der Waals surface area (Å²) in [4.78, 5) is 12.6. The van der Waals surface area contributed by atoms with Crippen molar-refractivity contribution < 1.29 is 9.53 Å². The van der Waals surface area contributed by atoms with Gasteiger partial charge in [0.25, 0.3) is 5.91 Å². The molecule has 0 aliphatic carbocycles. The quantitative estimate of drug-likeness (QED) is 0.872. The van der Waals surface area contributed by atoms with Crippen molar-refractivity contribution in [3.8, 4) is 0 Å². The van der Waals surface area contributed by atoms with E-state index in [1.165, 1.54) is 5.56 Å². The summed E-state index contributed by atoms with van der Waals surface area (Å²) in [5.41, 5.74) is 0.457. The van der Waals surface area contributed by atoms with E-state index in [4.69, 9.17) is 4.74 Å². The summed E-state index contributed by atoms with van der Waals surface area (Å²) in [7, 11) is 1.63. The highest BCUT2D eigenvalue weighted by Crippen LogP contribution is 2.25. The number of benzene rings is 1. The summed E-state index contributed by atoms with van der Waals surface area (Å²) in [6.07, 6.45) is 1.45. The van der Waals surface area contributed by atoms with Crippen molar-refractivity contribution in [3.63, 3.8) is 0 Å². The molecule has 4 nitrogen and oxygen atoms in total. The zero-order valence-electron chi connectivity index (χ0n) is 13.6. The van der Waals surface area contributed by atoms with Gasteiger partial charge in [-0.25, -0.2) is 0 Å². The highest BCUT2D eigenvalue weighted by Gasteiger charge is 2.40. The van der Waals surface area contributed by atoms with E-state index in [2.05, 4.69) is 36.6 Å². The van der Waals surface area contributed by atoms with Gasteiger partial charge in [-0.15, -0.1) is 12.4 Å². The fourth-order valence-corrected chi connectivity index (χ4v) is 2.81. The first kappa shape index (κ1) is 18.9. The third kappa shape index (κ3) is 4.22. The lowest BCUT2D eigenvalue weighted by atomic mass is 9.84. The van der Waals surface area contributed by atoms with Crippen LogP contribution in [0, 0.1) is 0 Å². The monoisotopic (exact) mass is 326 g/mol. The summed E-state index contributed by atoms with van der Waals surface area (Å²) in [5, 5.41) is 6.36. The second-order valence-electron chi connectivity index (χ2n) is 6.38. The molecule has 22 heavy (non-hydrogen) atoms. The Labute approximate surface area is 139 Å². The Balaban J connectivity index is 0.00000242. The number of piperidine rings is 1. The van der Waals surface area contributed by atoms with Gasteiger partial charge in [0.05, 0.1) is 0 Å². The van der Waals surface area contributed by atoms with Crippen LogP contribution in [0.1, 0.15) is 32.3 Å². The fourth-order valence-electron chi connectivity index (χ4n) is 2.81. The molecule has 0 saturated carbocycles. The van der Waals surface area contributed by atoms with Gasteiger partial charge in [0.15, 0.2) is 0 Å². The first-order chi connectivity index (χ1) is 10.0. The Morgan fingerprint density at radius 1 is 1.27 bits per heavy atom. The van der Waals surface area contributed by atoms with Gasteiger partial charge in [-0.2, -0.15) is 0 Å². The summed E-state index contributed by atoms with van der Waals surface area (Å²) in [6.45, 7) is 6.54. The van der Waals surface area contributed by atoms with E-state index >= 15 is 0 Å². The van der Waals surface area contributed by atoms with E-state index in [0.29, 0.717) is 6.54 Å². The molecule has 0 radical (unpaired) electrons. The number of amides is 1. The molecular weight excluding hydrogens is 300 g/mol. The van der Waals surface area contributed by atoms with Crippen LogP contribution in [0.4, 0.5) is 0 Å². The number of ether oxygens (including phenoxy) is 1. The number of carbonyl (C=O) groups is 1. The molecule has 0 bridgehead atoms. The molecule has 124 valence electrons. The molecule has 0 atom stereocenters. The van der Waals surface area contributed by atoms with Crippen molar-refractivity contribution >= 4 is 18.3 Å². The normalized spacial score (nSPS) is 17.4. The molecule has 2 rings (SSSR count). The molecule has 0 aromatic heterocycles. The van der Waals surface area contributed by atoms with Crippen molar-refractivity contribution in [2.45, 2.75) is 37.7 Å². The van der Waals surface area contributed by atoms with E-state index in [9.17, 15) is 4.79 Å². The number of methoxy groups -OCH3 is 1. The topological polar surface area (TPSA) is 50.4 Å². The maximum atomic E-state index is 12.6. The van der Waals surface area contributed by atoms with Gasteiger partial charge in [-0.1, -0.05) is 44.2 Å². The van der Waals surface area contributed by atoms with Crippen molar-refractivity contribution in [3.05, 3.63) is 35.9 Å². The van der Waals surface area contributed by atoms with Crippen molar-refractivity contribution in [2.24, 2.45) is 0 Å². The molecule has 2 N–H and O–H groups in total. The lowest BCUT2D eigenvalue weighted by Gasteiger charge is -2.36. The molecule has 1 aliphatic rings. The second kappa shape index (κ2) is 7.95. The van der Waals surface area contributed by atoms with E-state index in [0.717, 1.165) is 25.9 Å². The summed E-state index contributed by atoms with van der Waals surface area (Å²) < 4.78 is 5.56. The van der Waals surface area contributed by atoms with Crippen molar-refractivity contribution in [2.75, 3.05) is 26.7 Å². The molecule has 0 spiro atoms. The number of nitrogens with one attached hydrogen (secondary N) is 2. The molecule has 1 aliphatic heterocycles. The third-order valence-corrected chi connectivity index (χ3v) is 4.46. The Kier molecular flexibility index (Phi) is 6.85. The summed E-state index contributed by atoms with van der Waals surface area (Å²) in [6, 6.07) is 10.3. The molecule has 1 fully saturated rings. The fraction of sp³-hybridized carbons (Fsp3) is 0.588. The van der Waals surface area contributed by atoms with Crippen LogP contribution in [0.2, 0.25) is 0 Å². The summed E-state index contributed by atoms with van der Waals surface area (Å²) >= 11 is 0. The van der Waals surface area contributed by atoms with E-state index in [1.807, 2.05) is 18.2 Å². The van der Waals surface area contributed by atoms with Crippen LogP contribution in [0.5, 0.6) is 0 Å². The van der Waals surface area contributed by atoms with Gasteiger partial charge in [-0.3, -0.25) is 4.79 Å². The number of carbonyl (C=O) groups excluding carboxylic acids is 1. The Morgan fingerprint density at radius 3 is 2.41 bits per heavy atom. The minimum Gasteiger partial charge on any atom is -0.368 e. The molecule has 5 heteroatoms. The minimum atomic E-state index is -0.669. The average Bonchev–Trinajstić information content (AvgIpc) is 2.54. The molecule has 0 unspecified atom stereocenters. The summed E-state index contributed by atoms with van der Waals surface area (Å²) in [5.74, 6) is 0.00973. The predicted octanol–water partition coefficient (Wildman–Crippen LogP) is 2.27. The SMILES string of the molecule is COC1(C(=O)NCC(C)(C)c2ccccc2)CCNCC1.Cl. The molecule has 1 amide bonds. The largest absolute Gasteiger partial charge is 0.368 e. The second-order valence-corrected chi connectivity index (χ2v) is 6.38. The van der Waals surface area contributed by atoms with Crippen LogP contribution >= 0.6 is 12.4 Å². The zero-order chi connectivity index (χ0) is 15.3. The van der Waals surface area contributed by atoms with Gasteiger partial charge in [0.2, 0.25) is 0 Å². The molecule has 1 aromatic carbocycles.